The summed E-state index contributed by atoms with van der Waals surface area (Å²) < 4.78 is 5.42. The van der Waals surface area contributed by atoms with E-state index in [0.717, 1.165) is 49.8 Å². The maximum atomic E-state index is 5.42. The van der Waals surface area contributed by atoms with Crippen LogP contribution in [0.5, 0.6) is 0 Å². The number of nitrogens with one attached hydrogen (secondary N) is 2. The normalized spacial score (nSPS) is 21.5. The van der Waals surface area contributed by atoms with Gasteiger partial charge in [0, 0.05) is 30.3 Å². The van der Waals surface area contributed by atoms with Gasteiger partial charge in [0.25, 0.3) is 0 Å². The van der Waals surface area contributed by atoms with E-state index < -0.39 is 0 Å². The molecule has 2 aliphatic heterocycles. The molecule has 1 atom stereocenters. The van der Waals surface area contributed by atoms with Crippen LogP contribution >= 0.6 is 0 Å². The van der Waals surface area contributed by atoms with Crippen LogP contribution in [0.2, 0.25) is 0 Å². The van der Waals surface area contributed by atoms with Crippen molar-refractivity contribution >= 4 is 5.69 Å². The molecule has 0 saturated carbocycles. The Morgan fingerprint density at radius 1 is 1.30 bits per heavy atom. The van der Waals surface area contributed by atoms with Crippen LogP contribution in [-0.4, -0.2) is 34.9 Å². The summed E-state index contributed by atoms with van der Waals surface area (Å²) in [6.07, 6.45) is 3.35. The number of rotatable bonds is 2. The third-order valence-corrected chi connectivity index (χ3v) is 4.14. The molecule has 1 fully saturated rings. The Bertz CT molecular complexity index is 616. The predicted molar refractivity (Wildman–Crippen MR) is 76.8 cm³/mol. The van der Waals surface area contributed by atoms with Gasteiger partial charge >= 0.3 is 0 Å². The number of hydrogen-bond acceptors (Lipinski definition) is 4. The van der Waals surface area contributed by atoms with Crippen molar-refractivity contribution in [3.63, 3.8) is 0 Å². The Kier molecular flexibility index (Phi) is 2.92. The SMILES string of the molecule is c1cc2c(c(-c3n[nH]c([C@@H]4CCOC4)n3)c1)NCCC2. The lowest BCUT2D eigenvalue weighted by molar-refractivity contribution is 0.193. The summed E-state index contributed by atoms with van der Waals surface area (Å²) in [5.74, 6) is 2.10. The van der Waals surface area contributed by atoms with E-state index in [-0.39, 0.29) is 0 Å². The molecule has 5 heteroatoms. The number of benzene rings is 1. The minimum Gasteiger partial charge on any atom is -0.384 e. The Morgan fingerprint density at radius 2 is 2.30 bits per heavy atom. The molecule has 0 bridgehead atoms. The molecule has 20 heavy (non-hydrogen) atoms. The van der Waals surface area contributed by atoms with Crippen molar-refractivity contribution in [2.75, 3.05) is 25.1 Å². The number of ether oxygens (including phenoxy) is 1. The van der Waals surface area contributed by atoms with Crippen molar-refractivity contribution in [1.82, 2.24) is 15.2 Å². The highest BCUT2D eigenvalue weighted by Crippen LogP contribution is 2.33. The van der Waals surface area contributed by atoms with E-state index in [0.29, 0.717) is 5.92 Å². The Hall–Kier alpha value is -1.88. The average molecular weight is 270 g/mol. The van der Waals surface area contributed by atoms with Gasteiger partial charge < -0.3 is 10.1 Å². The molecule has 0 spiro atoms. The molecule has 1 aromatic carbocycles. The highest BCUT2D eigenvalue weighted by Gasteiger charge is 2.23. The smallest absolute Gasteiger partial charge is 0.183 e. The van der Waals surface area contributed by atoms with Crippen LogP contribution in [0.3, 0.4) is 0 Å². The molecular weight excluding hydrogens is 252 g/mol. The zero-order valence-electron chi connectivity index (χ0n) is 11.4. The first-order chi connectivity index (χ1) is 9.92. The van der Waals surface area contributed by atoms with Crippen molar-refractivity contribution in [3.8, 4) is 11.4 Å². The molecule has 0 radical (unpaired) electrons. The Labute approximate surface area is 117 Å². The Balaban J connectivity index is 1.70. The van der Waals surface area contributed by atoms with Crippen molar-refractivity contribution < 1.29 is 4.74 Å². The zero-order chi connectivity index (χ0) is 13.4. The topological polar surface area (TPSA) is 62.8 Å². The summed E-state index contributed by atoms with van der Waals surface area (Å²) in [4.78, 5) is 4.68. The minimum absolute atomic E-state index is 0.365. The van der Waals surface area contributed by atoms with Crippen LogP contribution < -0.4 is 5.32 Å². The lowest BCUT2D eigenvalue weighted by Crippen LogP contribution is -2.12. The number of anilines is 1. The third kappa shape index (κ3) is 1.98. The van der Waals surface area contributed by atoms with Gasteiger partial charge in [0.2, 0.25) is 0 Å². The van der Waals surface area contributed by atoms with Crippen LogP contribution in [0.15, 0.2) is 18.2 Å². The first kappa shape index (κ1) is 11.9. The summed E-state index contributed by atoms with van der Waals surface area (Å²) in [6, 6.07) is 6.37. The van der Waals surface area contributed by atoms with Gasteiger partial charge in [0.1, 0.15) is 5.82 Å². The molecule has 0 amide bonds. The number of H-pyrrole nitrogens is 1. The van der Waals surface area contributed by atoms with Gasteiger partial charge in [-0.3, -0.25) is 5.10 Å². The third-order valence-electron chi connectivity index (χ3n) is 4.14. The van der Waals surface area contributed by atoms with Crippen molar-refractivity contribution in [2.45, 2.75) is 25.2 Å². The molecule has 0 unspecified atom stereocenters. The summed E-state index contributed by atoms with van der Waals surface area (Å²) in [7, 11) is 0. The molecular formula is C15H18N4O. The van der Waals surface area contributed by atoms with E-state index in [2.05, 4.69) is 38.7 Å². The van der Waals surface area contributed by atoms with Gasteiger partial charge in [-0.25, -0.2) is 4.98 Å². The van der Waals surface area contributed by atoms with Gasteiger partial charge in [-0.15, -0.1) is 0 Å². The lowest BCUT2D eigenvalue weighted by atomic mass is 9.99. The van der Waals surface area contributed by atoms with Crippen LogP contribution in [-0.2, 0) is 11.2 Å². The second kappa shape index (κ2) is 4.90. The van der Waals surface area contributed by atoms with E-state index in [1.807, 2.05) is 0 Å². The fourth-order valence-electron chi connectivity index (χ4n) is 3.02. The first-order valence-corrected chi connectivity index (χ1v) is 7.28. The largest absolute Gasteiger partial charge is 0.384 e. The molecule has 1 aromatic heterocycles. The Morgan fingerprint density at radius 3 is 3.20 bits per heavy atom. The van der Waals surface area contributed by atoms with Gasteiger partial charge in [0.05, 0.1) is 6.61 Å². The lowest BCUT2D eigenvalue weighted by Gasteiger charge is -2.19. The molecule has 3 heterocycles. The van der Waals surface area contributed by atoms with Gasteiger partial charge in [0.15, 0.2) is 5.82 Å². The van der Waals surface area contributed by atoms with Gasteiger partial charge in [-0.2, -0.15) is 5.10 Å². The maximum Gasteiger partial charge on any atom is 0.183 e. The number of aromatic nitrogens is 3. The standard InChI is InChI=1S/C15H18N4O/c1-3-10-4-2-7-16-13(10)12(5-1)15-17-14(18-19-15)11-6-8-20-9-11/h1,3,5,11,16H,2,4,6-9H2,(H,17,18,19)/t11-/m1/s1. The zero-order valence-corrected chi connectivity index (χ0v) is 11.4. The number of aromatic amines is 1. The highest BCUT2D eigenvalue weighted by atomic mass is 16.5. The number of nitrogens with zero attached hydrogens (tertiary/aromatic N) is 2. The number of para-hydroxylation sites is 1. The van der Waals surface area contributed by atoms with E-state index in [1.54, 1.807) is 0 Å². The predicted octanol–water partition coefficient (Wildman–Crippen LogP) is 2.33. The molecule has 1 saturated heterocycles. The van der Waals surface area contributed by atoms with Crippen LogP contribution in [0.25, 0.3) is 11.4 Å². The van der Waals surface area contributed by atoms with Crippen molar-refractivity contribution in [2.24, 2.45) is 0 Å². The maximum absolute atomic E-state index is 5.42. The van der Waals surface area contributed by atoms with E-state index >= 15 is 0 Å². The van der Waals surface area contributed by atoms with Gasteiger partial charge in [-0.05, 0) is 30.9 Å². The fraction of sp³-hybridized carbons (Fsp3) is 0.467. The minimum atomic E-state index is 0.365. The molecule has 4 rings (SSSR count). The molecule has 104 valence electrons. The second-order valence-corrected chi connectivity index (χ2v) is 5.47. The van der Waals surface area contributed by atoms with E-state index in [1.165, 1.54) is 17.7 Å². The molecule has 2 aromatic rings. The highest BCUT2D eigenvalue weighted by molar-refractivity contribution is 5.77. The first-order valence-electron chi connectivity index (χ1n) is 7.28. The number of aryl methyl sites for hydroxylation is 1. The summed E-state index contributed by atoms with van der Waals surface area (Å²) in [5.41, 5.74) is 3.67. The van der Waals surface area contributed by atoms with Crippen LogP contribution in [0, 0.1) is 0 Å². The van der Waals surface area contributed by atoms with E-state index in [4.69, 9.17) is 4.74 Å². The van der Waals surface area contributed by atoms with Crippen LogP contribution in [0.4, 0.5) is 5.69 Å². The monoisotopic (exact) mass is 270 g/mol. The number of fused-ring (bicyclic) bond motifs is 1. The van der Waals surface area contributed by atoms with Gasteiger partial charge in [-0.1, -0.05) is 12.1 Å². The second-order valence-electron chi connectivity index (χ2n) is 5.47. The van der Waals surface area contributed by atoms with Crippen molar-refractivity contribution in [1.29, 1.82) is 0 Å². The summed E-state index contributed by atoms with van der Waals surface area (Å²) >= 11 is 0. The van der Waals surface area contributed by atoms with Crippen molar-refractivity contribution in [3.05, 3.63) is 29.6 Å². The summed E-state index contributed by atoms with van der Waals surface area (Å²) in [6.45, 7) is 2.60. The number of hydrogen-bond donors (Lipinski definition) is 2. The molecule has 5 nitrogen and oxygen atoms in total. The molecule has 2 aliphatic rings. The average Bonchev–Trinajstić information content (AvgIpc) is 3.17. The molecule has 2 N–H and O–H groups in total. The van der Waals surface area contributed by atoms with E-state index in [9.17, 15) is 0 Å². The fourth-order valence-corrected chi connectivity index (χ4v) is 3.02. The molecule has 0 aliphatic carbocycles. The summed E-state index contributed by atoms with van der Waals surface area (Å²) in [5, 5.41) is 11.0. The van der Waals surface area contributed by atoms with Crippen LogP contribution in [0.1, 0.15) is 30.1 Å². The quantitative estimate of drug-likeness (QED) is 0.879.